The largest absolute Gasteiger partial charge is 0.300 e. The Bertz CT molecular complexity index is 248. The van der Waals surface area contributed by atoms with Gasteiger partial charge in [0.15, 0.2) is 0 Å². The predicted molar refractivity (Wildman–Crippen MR) is 22.8 cm³/mol. The Hall–Kier alpha value is -0.850. The molecule has 0 saturated carbocycles. The van der Waals surface area contributed by atoms with E-state index in [0.29, 0.717) is 0 Å². The standard InChI is InChI=1S/C5H3N/c6-5-3-1-2-4(3)5/h1-2,6H. The quantitative estimate of drug-likeness (QED) is 0.394. The van der Waals surface area contributed by atoms with Gasteiger partial charge in [0.2, 0.25) is 0 Å². The molecule has 2 rings (SSSR count). The lowest BCUT2D eigenvalue weighted by molar-refractivity contribution is 1.35. The zero-order valence-electron chi connectivity index (χ0n) is 3.15. The summed E-state index contributed by atoms with van der Waals surface area (Å²) in [7, 11) is 0. The van der Waals surface area contributed by atoms with Gasteiger partial charge in [-0.05, 0) is 0 Å². The van der Waals surface area contributed by atoms with Crippen molar-refractivity contribution in [3.63, 3.8) is 0 Å². The van der Waals surface area contributed by atoms with Gasteiger partial charge >= 0.3 is 0 Å². The van der Waals surface area contributed by atoms with E-state index in [-0.39, 0.29) is 0 Å². The van der Waals surface area contributed by atoms with Crippen molar-refractivity contribution in [1.82, 2.24) is 0 Å². The van der Waals surface area contributed by atoms with Crippen LogP contribution in [-0.2, 0) is 0 Å². The third-order valence-corrected chi connectivity index (χ3v) is 1.18. The van der Waals surface area contributed by atoms with E-state index in [1.54, 1.807) is 0 Å². The van der Waals surface area contributed by atoms with Crippen molar-refractivity contribution in [2.45, 2.75) is 0 Å². The Labute approximate surface area is 34.4 Å². The maximum absolute atomic E-state index is 6.95. The van der Waals surface area contributed by atoms with Crippen LogP contribution < -0.4 is 15.8 Å². The number of hydrogen-bond acceptors (Lipinski definition) is 1. The molecule has 0 aliphatic heterocycles. The molecule has 1 aromatic carbocycles. The van der Waals surface area contributed by atoms with E-state index < -0.39 is 0 Å². The highest BCUT2D eigenvalue weighted by molar-refractivity contribution is 5.72. The van der Waals surface area contributed by atoms with Crippen LogP contribution in [-0.4, -0.2) is 0 Å². The van der Waals surface area contributed by atoms with E-state index >= 15 is 0 Å². The minimum absolute atomic E-state index is 0.759. The molecule has 28 valence electrons. The van der Waals surface area contributed by atoms with Gasteiger partial charge in [-0.3, -0.25) is 5.41 Å². The molecular formula is C5H3N. The highest BCUT2D eigenvalue weighted by atomic mass is 14.4. The van der Waals surface area contributed by atoms with E-state index in [4.69, 9.17) is 5.41 Å². The van der Waals surface area contributed by atoms with Gasteiger partial charge in [-0.15, -0.1) is 0 Å². The first-order valence-electron chi connectivity index (χ1n) is 1.91. The Morgan fingerprint density at radius 2 is 1.67 bits per heavy atom. The molecule has 0 atom stereocenters. The van der Waals surface area contributed by atoms with Crippen LogP contribution in [0.3, 0.4) is 0 Å². The van der Waals surface area contributed by atoms with Crippen LogP contribution >= 0.6 is 0 Å². The fourth-order valence-corrected chi connectivity index (χ4v) is 0.634. The Morgan fingerprint density at radius 1 is 1.17 bits per heavy atom. The van der Waals surface area contributed by atoms with Crippen LogP contribution in [0.15, 0.2) is 0 Å². The number of hydrogen-bond donors (Lipinski definition) is 1. The second-order valence-electron chi connectivity index (χ2n) is 1.54. The van der Waals surface area contributed by atoms with Crippen molar-refractivity contribution in [3.8, 4) is 0 Å². The van der Waals surface area contributed by atoms with Gasteiger partial charge in [0.1, 0.15) is 0 Å². The SMILES string of the molecule is N=c1c2c1=CC=2. The molecule has 1 nitrogen and oxygen atoms in total. The van der Waals surface area contributed by atoms with Gasteiger partial charge in [-0.1, -0.05) is 12.2 Å². The van der Waals surface area contributed by atoms with Crippen LogP contribution in [0.4, 0.5) is 0 Å². The molecule has 1 heteroatoms. The summed E-state index contributed by atoms with van der Waals surface area (Å²) in [6, 6.07) is 0. The summed E-state index contributed by atoms with van der Waals surface area (Å²) in [4.78, 5) is 0. The highest BCUT2D eigenvalue weighted by Gasteiger charge is 2.04. The minimum atomic E-state index is 0.759. The lowest BCUT2D eigenvalue weighted by Crippen LogP contribution is -2.02. The number of fused-ring (bicyclic) bond motifs is 1. The molecule has 0 amide bonds. The summed E-state index contributed by atoms with van der Waals surface area (Å²) < 4.78 is 0. The topological polar surface area (TPSA) is 23.9 Å². The molecule has 0 spiro atoms. The summed E-state index contributed by atoms with van der Waals surface area (Å²) in [5.74, 6) is 0. The molecule has 1 aliphatic carbocycles. The summed E-state index contributed by atoms with van der Waals surface area (Å²) in [6.07, 6.45) is 3.94. The number of nitrogens with one attached hydrogen (secondary N) is 1. The molecule has 0 bridgehead atoms. The lowest BCUT2D eigenvalue weighted by atomic mass is 10.4. The van der Waals surface area contributed by atoms with Crippen molar-refractivity contribution < 1.29 is 0 Å². The fourth-order valence-electron chi connectivity index (χ4n) is 0.634. The average Bonchev–Trinajstić information content (AvgIpc) is 1.63. The van der Waals surface area contributed by atoms with Crippen molar-refractivity contribution in [2.24, 2.45) is 0 Å². The summed E-state index contributed by atoms with van der Waals surface area (Å²) in [5.41, 5.74) is 0. The van der Waals surface area contributed by atoms with Gasteiger partial charge in [0, 0.05) is 10.4 Å². The van der Waals surface area contributed by atoms with Gasteiger partial charge in [0.05, 0.1) is 5.36 Å². The summed E-state index contributed by atoms with van der Waals surface area (Å²) in [5, 5.41) is 10.1. The zero-order chi connectivity index (χ0) is 4.15. The minimum Gasteiger partial charge on any atom is -0.300 e. The maximum Gasteiger partial charge on any atom is 0.0698 e. The molecule has 1 N–H and O–H groups in total. The molecule has 6 heavy (non-hydrogen) atoms. The molecule has 0 radical (unpaired) electrons. The van der Waals surface area contributed by atoms with Crippen LogP contribution in [0.5, 0.6) is 0 Å². The first kappa shape index (κ1) is 2.35. The molecule has 1 aromatic rings. The van der Waals surface area contributed by atoms with Crippen LogP contribution in [0.25, 0.3) is 12.2 Å². The predicted octanol–water partition coefficient (Wildman–Crippen LogP) is -1.38. The highest BCUT2D eigenvalue weighted by Crippen LogP contribution is 1.71. The second kappa shape index (κ2) is 0.400. The second-order valence-corrected chi connectivity index (χ2v) is 1.54. The molecule has 0 heterocycles. The fraction of sp³-hybridized carbons (Fsp3) is 0. The van der Waals surface area contributed by atoms with Gasteiger partial charge in [0.25, 0.3) is 0 Å². The molecular weight excluding hydrogens is 74.1 g/mol. The smallest absolute Gasteiger partial charge is 0.0698 e. The van der Waals surface area contributed by atoms with Crippen molar-refractivity contribution in [2.75, 3.05) is 0 Å². The van der Waals surface area contributed by atoms with Gasteiger partial charge < -0.3 is 0 Å². The van der Waals surface area contributed by atoms with Crippen molar-refractivity contribution in [3.05, 3.63) is 15.8 Å². The van der Waals surface area contributed by atoms with E-state index in [2.05, 4.69) is 0 Å². The monoisotopic (exact) mass is 77.0 g/mol. The summed E-state index contributed by atoms with van der Waals surface area (Å²) in [6.45, 7) is 0. The third kappa shape index (κ3) is 0.0727. The zero-order valence-corrected chi connectivity index (χ0v) is 3.15. The maximum atomic E-state index is 6.95. The lowest BCUT2D eigenvalue weighted by Gasteiger charge is -1.65. The third-order valence-electron chi connectivity index (χ3n) is 1.18. The Morgan fingerprint density at radius 3 is 1.67 bits per heavy atom. The van der Waals surface area contributed by atoms with Crippen molar-refractivity contribution >= 4 is 12.2 Å². The van der Waals surface area contributed by atoms with Crippen molar-refractivity contribution in [1.29, 1.82) is 5.41 Å². The molecule has 0 aromatic heterocycles. The van der Waals surface area contributed by atoms with Crippen LogP contribution in [0, 0.1) is 5.41 Å². The number of rotatable bonds is 0. The first-order chi connectivity index (χ1) is 2.89. The van der Waals surface area contributed by atoms with E-state index in [9.17, 15) is 0 Å². The van der Waals surface area contributed by atoms with Crippen LogP contribution in [0.1, 0.15) is 0 Å². The van der Waals surface area contributed by atoms with Gasteiger partial charge in [-0.25, -0.2) is 0 Å². The van der Waals surface area contributed by atoms with E-state index in [1.807, 2.05) is 12.2 Å². The average molecular weight is 77.1 g/mol. The van der Waals surface area contributed by atoms with Gasteiger partial charge in [-0.2, -0.15) is 0 Å². The molecule has 1 aliphatic rings. The molecule has 0 fully saturated rings. The Kier molecular flexibility index (Phi) is 0.156. The molecule has 0 saturated heterocycles. The van der Waals surface area contributed by atoms with E-state index in [1.165, 1.54) is 10.4 Å². The summed E-state index contributed by atoms with van der Waals surface area (Å²) >= 11 is 0. The Balaban J connectivity index is 3.54. The first-order valence-corrected chi connectivity index (χ1v) is 1.91. The normalized spacial score (nSPS) is 14.7. The van der Waals surface area contributed by atoms with E-state index in [0.717, 1.165) is 5.36 Å². The van der Waals surface area contributed by atoms with Crippen LogP contribution in [0.2, 0.25) is 0 Å². The molecule has 0 unspecified atom stereocenters.